The fourth-order valence-electron chi connectivity index (χ4n) is 2.24. The lowest BCUT2D eigenvalue weighted by molar-refractivity contribution is 0.218. The maximum absolute atomic E-state index is 10.5. The van der Waals surface area contributed by atoms with Gasteiger partial charge in [-0.25, -0.2) is 0 Å². The topological polar surface area (TPSA) is 20.2 Å². The van der Waals surface area contributed by atoms with Gasteiger partial charge < -0.3 is 5.11 Å². The molecule has 0 heterocycles. The molecule has 1 nitrogen and oxygen atoms in total. The number of aliphatic hydroxyl groups excluding tert-OH is 1. The fourth-order valence-corrected chi connectivity index (χ4v) is 2.24. The van der Waals surface area contributed by atoms with E-state index in [1.54, 1.807) is 0 Å². The zero-order valence-corrected chi connectivity index (χ0v) is 11.0. The fraction of sp³-hybridized carbons (Fsp3) is 0.294. The second-order valence-corrected chi connectivity index (χ2v) is 4.75. The lowest BCUT2D eigenvalue weighted by atomic mass is 9.89. The van der Waals surface area contributed by atoms with Gasteiger partial charge in [0.25, 0.3) is 0 Å². The van der Waals surface area contributed by atoms with E-state index in [0.29, 0.717) is 5.92 Å². The Morgan fingerprint density at radius 1 is 0.889 bits per heavy atom. The predicted octanol–water partition coefficient (Wildman–Crippen LogP) is 4.28. The van der Waals surface area contributed by atoms with E-state index in [4.69, 9.17) is 0 Å². The Morgan fingerprint density at radius 2 is 1.44 bits per heavy atom. The third kappa shape index (κ3) is 2.62. The van der Waals surface area contributed by atoms with E-state index in [2.05, 4.69) is 19.9 Å². The monoisotopic (exact) mass is 240 g/mol. The van der Waals surface area contributed by atoms with E-state index in [1.807, 2.05) is 48.5 Å². The highest BCUT2D eigenvalue weighted by Gasteiger charge is 2.16. The minimum atomic E-state index is -0.531. The molecule has 0 amide bonds. The van der Waals surface area contributed by atoms with Gasteiger partial charge in [-0.15, -0.1) is 0 Å². The molecule has 2 atom stereocenters. The zero-order valence-electron chi connectivity index (χ0n) is 11.0. The molecule has 0 aliphatic rings. The lowest BCUT2D eigenvalue weighted by Gasteiger charge is -2.19. The second-order valence-electron chi connectivity index (χ2n) is 4.75. The summed E-state index contributed by atoms with van der Waals surface area (Å²) in [6.45, 7) is 4.38. The number of hydrogen-bond donors (Lipinski definition) is 1. The maximum atomic E-state index is 10.5. The van der Waals surface area contributed by atoms with Gasteiger partial charge in [-0.1, -0.05) is 68.4 Å². The Labute approximate surface area is 109 Å². The number of hydrogen-bond acceptors (Lipinski definition) is 1. The highest BCUT2D eigenvalue weighted by molar-refractivity contribution is 5.37. The molecule has 0 aliphatic carbocycles. The average molecular weight is 240 g/mol. The van der Waals surface area contributed by atoms with Crippen LogP contribution in [0.2, 0.25) is 0 Å². The molecule has 0 spiro atoms. The molecule has 2 rings (SSSR count). The first kappa shape index (κ1) is 12.8. The SMILES string of the molecule is CC[C@H](C)c1ccccc1[C@H](O)c1ccccc1. The standard InChI is InChI=1S/C17H20O/c1-3-13(2)15-11-7-8-12-16(15)17(18)14-9-5-4-6-10-14/h4-13,17-18H,3H2,1-2H3/t13-,17+/m0/s1. The second kappa shape index (κ2) is 5.83. The first-order chi connectivity index (χ1) is 8.74. The van der Waals surface area contributed by atoms with Crippen molar-refractivity contribution in [2.75, 3.05) is 0 Å². The molecule has 0 saturated heterocycles. The Hall–Kier alpha value is -1.60. The molecular formula is C17H20O. The van der Waals surface area contributed by atoms with Crippen LogP contribution < -0.4 is 0 Å². The van der Waals surface area contributed by atoms with E-state index in [0.717, 1.165) is 17.5 Å². The van der Waals surface area contributed by atoms with Crippen LogP contribution in [0.3, 0.4) is 0 Å². The summed E-state index contributed by atoms with van der Waals surface area (Å²) in [7, 11) is 0. The maximum Gasteiger partial charge on any atom is 0.104 e. The molecule has 0 saturated carbocycles. The van der Waals surface area contributed by atoms with Gasteiger partial charge in [0.05, 0.1) is 0 Å². The third-order valence-electron chi connectivity index (χ3n) is 3.55. The summed E-state index contributed by atoms with van der Waals surface area (Å²) >= 11 is 0. The van der Waals surface area contributed by atoms with Crippen molar-refractivity contribution in [2.24, 2.45) is 0 Å². The van der Waals surface area contributed by atoms with Crippen LogP contribution in [0, 0.1) is 0 Å². The summed E-state index contributed by atoms with van der Waals surface area (Å²) in [6, 6.07) is 18.0. The van der Waals surface area contributed by atoms with E-state index in [-0.39, 0.29) is 0 Å². The largest absolute Gasteiger partial charge is 0.384 e. The molecule has 2 aromatic rings. The van der Waals surface area contributed by atoms with Crippen molar-refractivity contribution in [3.05, 3.63) is 71.3 Å². The summed E-state index contributed by atoms with van der Waals surface area (Å²) in [5, 5.41) is 10.5. The van der Waals surface area contributed by atoms with Crippen LogP contribution in [0.15, 0.2) is 54.6 Å². The van der Waals surface area contributed by atoms with Crippen molar-refractivity contribution in [3.63, 3.8) is 0 Å². The van der Waals surface area contributed by atoms with Gasteiger partial charge in [0.15, 0.2) is 0 Å². The van der Waals surface area contributed by atoms with E-state index in [1.165, 1.54) is 5.56 Å². The highest BCUT2D eigenvalue weighted by atomic mass is 16.3. The van der Waals surface area contributed by atoms with Crippen LogP contribution in [0.25, 0.3) is 0 Å². The van der Waals surface area contributed by atoms with Crippen LogP contribution in [0.1, 0.15) is 49.0 Å². The van der Waals surface area contributed by atoms with Crippen molar-refractivity contribution in [1.82, 2.24) is 0 Å². The van der Waals surface area contributed by atoms with Gasteiger partial charge in [-0.2, -0.15) is 0 Å². The summed E-state index contributed by atoms with van der Waals surface area (Å²) < 4.78 is 0. The Balaban J connectivity index is 2.39. The van der Waals surface area contributed by atoms with Crippen molar-refractivity contribution in [3.8, 4) is 0 Å². The molecule has 2 aromatic carbocycles. The molecule has 0 unspecified atom stereocenters. The molecular weight excluding hydrogens is 220 g/mol. The first-order valence-electron chi connectivity index (χ1n) is 6.55. The molecule has 0 radical (unpaired) electrons. The highest BCUT2D eigenvalue weighted by Crippen LogP contribution is 2.30. The normalized spacial score (nSPS) is 14.2. The molecule has 0 fully saturated rings. The minimum Gasteiger partial charge on any atom is -0.384 e. The lowest BCUT2D eigenvalue weighted by Crippen LogP contribution is -2.05. The van der Waals surface area contributed by atoms with E-state index >= 15 is 0 Å². The summed E-state index contributed by atoms with van der Waals surface area (Å²) in [5.41, 5.74) is 3.22. The first-order valence-corrected chi connectivity index (χ1v) is 6.55. The Morgan fingerprint density at radius 3 is 2.06 bits per heavy atom. The smallest absolute Gasteiger partial charge is 0.104 e. The Bertz CT molecular complexity index is 490. The van der Waals surface area contributed by atoms with Crippen LogP contribution >= 0.6 is 0 Å². The van der Waals surface area contributed by atoms with Crippen LogP contribution in [0.5, 0.6) is 0 Å². The Kier molecular flexibility index (Phi) is 4.16. The number of rotatable bonds is 4. The van der Waals surface area contributed by atoms with Gasteiger partial charge in [0.2, 0.25) is 0 Å². The van der Waals surface area contributed by atoms with Gasteiger partial charge in [-0.05, 0) is 29.0 Å². The molecule has 0 aliphatic heterocycles. The van der Waals surface area contributed by atoms with Gasteiger partial charge >= 0.3 is 0 Å². The zero-order chi connectivity index (χ0) is 13.0. The molecule has 1 heteroatoms. The summed E-state index contributed by atoms with van der Waals surface area (Å²) in [5.74, 6) is 0.472. The van der Waals surface area contributed by atoms with Gasteiger partial charge in [-0.3, -0.25) is 0 Å². The quantitative estimate of drug-likeness (QED) is 0.845. The molecule has 0 aromatic heterocycles. The van der Waals surface area contributed by atoms with Crippen LogP contribution in [-0.2, 0) is 0 Å². The van der Waals surface area contributed by atoms with E-state index in [9.17, 15) is 5.11 Å². The third-order valence-corrected chi connectivity index (χ3v) is 3.55. The summed E-state index contributed by atoms with van der Waals surface area (Å²) in [6.07, 6.45) is 0.551. The molecule has 94 valence electrons. The van der Waals surface area contributed by atoms with E-state index < -0.39 is 6.10 Å². The molecule has 1 N–H and O–H groups in total. The van der Waals surface area contributed by atoms with Gasteiger partial charge in [0, 0.05) is 0 Å². The van der Waals surface area contributed by atoms with Crippen molar-refractivity contribution >= 4 is 0 Å². The van der Waals surface area contributed by atoms with Crippen molar-refractivity contribution in [1.29, 1.82) is 0 Å². The number of aliphatic hydroxyl groups is 1. The predicted molar refractivity (Wildman–Crippen MR) is 75.7 cm³/mol. The number of benzene rings is 2. The average Bonchev–Trinajstić information content (AvgIpc) is 2.46. The van der Waals surface area contributed by atoms with Gasteiger partial charge in [0.1, 0.15) is 6.10 Å². The van der Waals surface area contributed by atoms with Crippen LogP contribution in [-0.4, -0.2) is 5.11 Å². The molecule has 18 heavy (non-hydrogen) atoms. The van der Waals surface area contributed by atoms with Crippen molar-refractivity contribution in [2.45, 2.75) is 32.3 Å². The van der Waals surface area contributed by atoms with Crippen molar-refractivity contribution < 1.29 is 5.11 Å². The minimum absolute atomic E-state index is 0.472. The summed E-state index contributed by atoms with van der Waals surface area (Å²) in [4.78, 5) is 0. The van der Waals surface area contributed by atoms with Crippen LogP contribution in [0.4, 0.5) is 0 Å². The molecule has 0 bridgehead atoms.